The number of aryl methyl sites for hydroxylation is 1. The number of ether oxygens (including phenoxy) is 1. The van der Waals surface area contributed by atoms with Crippen LogP contribution in [0.25, 0.3) is 0 Å². The van der Waals surface area contributed by atoms with Crippen LogP contribution in [-0.4, -0.2) is 66.1 Å². The zero-order valence-corrected chi connectivity index (χ0v) is 22.2. The van der Waals surface area contributed by atoms with E-state index >= 15 is 0 Å². The molecule has 37 heavy (non-hydrogen) atoms. The van der Waals surface area contributed by atoms with Gasteiger partial charge in [0.1, 0.15) is 12.0 Å². The lowest BCUT2D eigenvalue weighted by molar-refractivity contribution is -0.133. The van der Waals surface area contributed by atoms with Crippen molar-refractivity contribution in [3.05, 3.63) is 23.3 Å². The summed E-state index contributed by atoms with van der Waals surface area (Å²) in [5, 5.41) is 2.12. The first-order valence-electron chi connectivity index (χ1n) is 12.8. The molecule has 10 heteroatoms. The zero-order chi connectivity index (χ0) is 27.5. The molecule has 0 radical (unpaired) electrons. The van der Waals surface area contributed by atoms with Gasteiger partial charge in [0.25, 0.3) is 17.7 Å². The number of alkyl halides is 2. The van der Waals surface area contributed by atoms with Crippen molar-refractivity contribution in [2.45, 2.75) is 90.8 Å². The minimum absolute atomic E-state index is 0.0447. The maximum atomic E-state index is 13.9. The van der Waals surface area contributed by atoms with Crippen molar-refractivity contribution in [3.8, 4) is 5.75 Å². The van der Waals surface area contributed by atoms with Crippen molar-refractivity contribution in [2.24, 2.45) is 5.92 Å². The topological polar surface area (TPSA) is 96.0 Å². The molecule has 204 valence electrons. The number of hydrogen-bond acceptors (Lipinski definition) is 5. The quantitative estimate of drug-likeness (QED) is 0.498. The van der Waals surface area contributed by atoms with E-state index in [9.17, 15) is 28.0 Å². The van der Waals surface area contributed by atoms with Crippen LogP contribution < -0.4 is 15.0 Å². The highest BCUT2D eigenvalue weighted by molar-refractivity contribution is 6.05. The molecule has 1 aliphatic carbocycles. The van der Waals surface area contributed by atoms with Crippen LogP contribution in [-0.2, 0) is 14.4 Å². The van der Waals surface area contributed by atoms with Gasteiger partial charge in [0.2, 0.25) is 0 Å². The summed E-state index contributed by atoms with van der Waals surface area (Å²) >= 11 is 0. The number of carbonyl (C=O) groups excluding carboxylic acids is 4. The Hall–Kier alpha value is -3.04. The van der Waals surface area contributed by atoms with Crippen LogP contribution >= 0.6 is 0 Å². The Morgan fingerprint density at radius 2 is 1.86 bits per heavy atom. The van der Waals surface area contributed by atoms with Gasteiger partial charge in [-0.05, 0) is 83.9 Å². The van der Waals surface area contributed by atoms with Gasteiger partial charge in [-0.3, -0.25) is 14.4 Å². The van der Waals surface area contributed by atoms with Crippen molar-refractivity contribution >= 4 is 29.7 Å². The number of anilines is 1. The second-order valence-corrected chi connectivity index (χ2v) is 10.7. The summed E-state index contributed by atoms with van der Waals surface area (Å²) < 4.78 is 31.2. The molecule has 1 aromatic rings. The molecule has 1 aliphatic heterocycles. The Labute approximate surface area is 216 Å². The van der Waals surface area contributed by atoms with Gasteiger partial charge in [0, 0.05) is 37.2 Å². The van der Waals surface area contributed by atoms with E-state index < -0.39 is 23.8 Å². The highest BCUT2D eigenvalue weighted by Gasteiger charge is 2.42. The van der Waals surface area contributed by atoms with Gasteiger partial charge < -0.3 is 24.6 Å². The molecule has 0 spiro atoms. The van der Waals surface area contributed by atoms with Gasteiger partial charge in [-0.1, -0.05) is 0 Å². The standard InChI is InChI=1S/C27H37F2N3O5/c1-16(2)32(19-8-6-18(7-9-19)10-13-33)25(35)20-15-21-22(14-17(20)3)37-27(4,5)26(36)31(21)12-11-30-24(34)23(28)29/h13-16,18-19,23H,6-12H2,1-5H3,(H,30,34)/t18-,19+. The molecule has 0 unspecified atom stereocenters. The van der Waals surface area contributed by atoms with Gasteiger partial charge in [-0.25, -0.2) is 0 Å². The molecule has 1 N–H and O–H groups in total. The summed E-state index contributed by atoms with van der Waals surface area (Å²) in [6.45, 7) is 8.74. The van der Waals surface area contributed by atoms with Crippen molar-refractivity contribution < 1.29 is 32.7 Å². The Kier molecular flexibility index (Phi) is 8.92. The van der Waals surface area contributed by atoms with E-state index in [0.717, 1.165) is 32.0 Å². The molecular formula is C27H37F2N3O5. The first-order chi connectivity index (χ1) is 17.4. The van der Waals surface area contributed by atoms with Crippen molar-refractivity contribution in [1.29, 1.82) is 0 Å². The van der Waals surface area contributed by atoms with Crippen LogP contribution in [0.15, 0.2) is 12.1 Å². The molecule has 3 amide bonds. The van der Waals surface area contributed by atoms with E-state index in [0.29, 0.717) is 34.9 Å². The summed E-state index contributed by atoms with van der Waals surface area (Å²) in [4.78, 5) is 52.5. The molecule has 1 saturated carbocycles. The fourth-order valence-electron chi connectivity index (χ4n) is 5.29. The van der Waals surface area contributed by atoms with E-state index in [2.05, 4.69) is 5.32 Å². The van der Waals surface area contributed by atoms with Crippen LogP contribution in [0.4, 0.5) is 14.5 Å². The van der Waals surface area contributed by atoms with E-state index in [1.165, 1.54) is 4.90 Å². The molecule has 0 saturated heterocycles. The third-order valence-corrected chi connectivity index (χ3v) is 7.22. The Morgan fingerprint density at radius 3 is 2.43 bits per heavy atom. The fourth-order valence-corrected chi connectivity index (χ4v) is 5.29. The Balaban J connectivity index is 1.90. The maximum Gasteiger partial charge on any atom is 0.315 e. The van der Waals surface area contributed by atoms with Gasteiger partial charge in [0.15, 0.2) is 5.60 Å². The average Bonchev–Trinajstić information content (AvgIpc) is 2.82. The number of fused-ring (bicyclic) bond motifs is 1. The highest BCUT2D eigenvalue weighted by atomic mass is 19.3. The van der Waals surface area contributed by atoms with Crippen molar-refractivity contribution in [1.82, 2.24) is 10.2 Å². The van der Waals surface area contributed by atoms with Crippen LogP contribution in [0.3, 0.4) is 0 Å². The zero-order valence-electron chi connectivity index (χ0n) is 22.2. The molecule has 1 aromatic carbocycles. The normalized spacial score (nSPS) is 20.9. The summed E-state index contributed by atoms with van der Waals surface area (Å²) in [5.41, 5.74) is 0.283. The van der Waals surface area contributed by atoms with E-state index in [1.807, 2.05) is 25.7 Å². The minimum Gasteiger partial charge on any atom is -0.476 e. The SMILES string of the molecule is Cc1cc2c(cc1C(=O)N(C(C)C)[C@H]1CC[C@@H](CC=O)CC1)N(CCNC(=O)C(F)F)C(=O)C(C)(C)O2. The number of aldehydes is 1. The molecular weight excluding hydrogens is 484 g/mol. The fraction of sp³-hybridized carbons (Fsp3) is 0.630. The van der Waals surface area contributed by atoms with E-state index in [4.69, 9.17) is 4.74 Å². The summed E-state index contributed by atoms with van der Waals surface area (Å²) in [6.07, 6.45) is 1.77. The van der Waals surface area contributed by atoms with Crippen LogP contribution in [0.5, 0.6) is 5.75 Å². The third kappa shape index (κ3) is 6.27. The average molecular weight is 522 g/mol. The lowest BCUT2D eigenvalue weighted by Crippen LogP contribution is -2.54. The molecule has 3 rings (SSSR count). The Morgan fingerprint density at radius 1 is 1.22 bits per heavy atom. The smallest absolute Gasteiger partial charge is 0.315 e. The summed E-state index contributed by atoms with van der Waals surface area (Å²) in [6, 6.07) is 3.33. The van der Waals surface area contributed by atoms with Crippen molar-refractivity contribution in [2.75, 3.05) is 18.0 Å². The number of nitrogens with one attached hydrogen (secondary N) is 1. The first kappa shape index (κ1) is 28.5. The number of rotatable bonds is 9. The Bertz CT molecular complexity index is 1040. The number of hydrogen-bond donors (Lipinski definition) is 1. The molecule has 1 fully saturated rings. The lowest BCUT2D eigenvalue weighted by Gasteiger charge is -2.41. The molecule has 0 aromatic heterocycles. The lowest BCUT2D eigenvalue weighted by atomic mass is 9.83. The third-order valence-electron chi connectivity index (χ3n) is 7.22. The molecule has 2 aliphatic rings. The monoisotopic (exact) mass is 521 g/mol. The number of carbonyl (C=O) groups is 4. The number of nitrogens with zero attached hydrogens (tertiary/aromatic N) is 2. The van der Waals surface area contributed by atoms with Crippen molar-refractivity contribution in [3.63, 3.8) is 0 Å². The number of halogens is 2. The van der Waals surface area contributed by atoms with Gasteiger partial charge in [-0.2, -0.15) is 8.78 Å². The van der Waals surface area contributed by atoms with Gasteiger partial charge in [0.05, 0.1) is 5.69 Å². The molecule has 0 atom stereocenters. The van der Waals surface area contributed by atoms with Crippen LogP contribution in [0.2, 0.25) is 0 Å². The highest BCUT2D eigenvalue weighted by Crippen LogP contribution is 2.40. The largest absolute Gasteiger partial charge is 0.476 e. The van der Waals surface area contributed by atoms with Crippen LogP contribution in [0.1, 0.15) is 75.7 Å². The maximum absolute atomic E-state index is 13.9. The first-order valence-corrected chi connectivity index (χ1v) is 12.8. The number of benzene rings is 1. The minimum atomic E-state index is -3.15. The summed E-state index contributed by atoms with van der Waals surface area (Å²) in [7, 11) is 0. The summed E-state index contributed by atoms with van der Waals surface area (Å²) in [5.74, 6) is -1.20. The predicted molar refractivity (Wildman–Crippen MR) is 135 cm³/mol. The van der Waals surface area contributed by atoms with Gasteiger partial charge >= 0.3 is 6.43 Å². The molecule has 8 nitrogen and oxygen atoms in total. The van der Waals surface area contributed by atoms with Crippen LogP contribution in [0, 0.1) is 12.8 Å². The molecule has 0 bridgehead atoms. The predicted octanol–water partition coefficient (Wildman–Crippen LogP) is 3.88. The van der Waals surface area contributed by atoms with E-state index in [1.54, 1.807) is 26.0 Å². The second-order valence-electron chi connectivity index (χ2n) is 10.7. The van der Waals surface area contributed by atoms with Gasteiger partial charge in [-0.15, -0.1) is 0 Å². The number of amides is 3. The molecule has 1 heterocycles. The van der Waals surface area contributed by atoms with E-state index in [-0.39, 0.29) is 31.1 Å². The second kappa shape index (κ2) is 11.6.